The van der Waals surface area contributed by atoms with Gasteiger partial charge in [0.05, 0.1) is 0 Å². The molecule has 0 aromatic rings. The average molecular weight is 916 g/mol. The van der Waals surface area contributed by atoms with Gasteiger partial charge in [0.2, 0.25) is 22.7 Å². The third-order valence-electron chi connectivity index (χ3n) is 8.10. The minimum atomic E-state index is -9.05. The van der Waals surface area contributed by atoms with Crippen molar-refractivity contribution in [1.29, 1.82) is 0 Å². The summed E-state index contributed by atoms with van der Waals surface area (Å²) in [7, 11) is 0. The van der Waals surface area contributed by atoms with Crippen LogP contribution in [-0.4, -0.2) is 116 Å². The van der Waals surface area contributed by atoms with Crippen molar-refractivity contribution in [1.82, 2.24) is 0 Å². The second-order valence-electron chi connectivity index (χ2n) is 11.7. The molecule has 0 saturated heterocycles. The molecule has 3 nitrogen and oxygen atoms in total. The van der Waals surface area contributed by atoms with Gasteiger partial charge in [-0.2, -0.15) is 119 Å². The Hall–Kier alpha value is -2.74. The number of carboxylic acids is 1. The van der Waals surface area contributed by atoms with Crippen molar-refractivity contribution in [3.8, 4) is 0 Å². The van der Waals surface area contributed by atoms with Crippen LogP contribution in [0.4, 0.5) is 136 Å². The lowest BCUT2D eigenvalue weighted by Crippen LogP contribution is -2.81. The molecule has 0 heterocycles. The number of carbonyl (C=O) groups is 1. The van der Waals surface area contributed by atoms with Gasteiger partial charge in [-0.3, -0.25) is 0 Å². The molecule has 0 radical (unpaired) electrons. The van der Waals surface area contributed by atoms with Crippen LogP contribution >= 0.6 is 0 Å². The minimum absolute atomic E-state index is 0. The largest absolute Gasteiger partial charge is 0.477 e. The number of rotatable bonds is 16. The van der Waals surface area contributed by atoms with Crippen molar-refractivity contribution in [2.45, 2.75) is 128 Å². The van der Waals surface area contributed by atoms with Crippen LogP contribution in [0, 0.1) is 0 Å². The maximum Gasteiger partial charge on any atom is 0.460 e. The van der Waals surface area contributed by atoms with Crippen molar-refractivity contribution in [2.75, 3.05) is 0 Å². The van der Waals surface area contributed by atoms with Crippen LogP contribution < -0.4 is 0 Å². The van der Waals surface area contributed by atoms with E-state index in [-0.39, 0.29) is 5.48 Å². The molecule has 0 amide bonds. The topological polar surface area (TPSA) is 68.8 Å². The molecule has 4 unspecified atom stereocenters. The Kier molecular flexibility index (Phi) is 13.0. The quantitative estimate of drug-likeness (QED) is 0.157. The standard InChI is InChI=1S/C22H13F31O2.H2O/c1-6(23,13(33,34)15(37,38)8(3,25)17(41,42)19(45,46)10(27,28)5(54)55)11(29,30)12(31,32)7(2,24)14(35,36)16(39,40)9(4,26)18(43,44)20(47,48)21(49,50)22(51,52)53;/h1-4H3,(H,54,55);1H2. The molecule has 3 N–H and O–H groups in total. The summed E-state index contributed by atoms with van der Waals surface area (Å²) in [5.41, 5.74) is -32.6. The van der Waals surface area contributed by atoms with Gasteiger partial charge >= 0.3 is 83.2 Å². The Morgan fingerprint density at radius 3 is 0.571 bits per heavy atom. The highest BCUT2D eigenvalue weighted by molar-refractivity contribution is 5.77. The van der Waals surface area contributed by atoms with Crippen molar-refractivity contribution in [3.63, 3.8) is 0 Å². The third kappa shape index (κ3) is 5.97. The first-order chi connectivity index (χ1) is 22.9. The minimum Gasteiger partial charge on any atom is -0.477 e. The first-order valence-corrected chi connectivity index (χ1v) is 12.5. The first kappa shape index (κ1) is 55.4. The van der Waals surface area contributed by atoms with Gasteiger partial charge in [-0.05, 0) is 27.7 Å². The lowest BCUT2D eigenvalue weighted by molar-refractivity contribution is -0.448. The number of hydrogen-bond acceptors (Lipinski definition) is 1. The summed E-state index contributed by atoms with van der Waals surface area (Å²) >= 11 is 0. The van der Waals surface area contributed by atoms with Gasteiger partial charge in [0.15, 0.2) is 0 Å². The molecule has 0 aromatic carbocycles. The molecule has 0 aliphatic rings. The number of hydrogen-bond donors (Lipinski definition) is 1. The molecule has 0 aliphatic heterocycles. The van der Waals surface area contributed by atoms with Crippen LogP contribution in [0.15, 0.2) is 0 Å². The summed E-state index contributed by atoms with van der Waals surface area (Å²) in [6.45, 7) is -9.45. The second kappa shape index (κ2) is 13.1. The van der Waals surface area contributed by atoms with Gasteiger partial charge in [0, 0.05) is 0 Å². The van der Waals surface area contributed by atoms with Gasteiger partial charge in [-0.15, -0.1) is 0 Å². The van der Waals surface area contributed by atoms with E-state index in [9.17, 15) is 141 Å². The molecular weight excluding hydrogens is 901 g/mol. The normalized spacial score (nSPS) is 20.3. The number of carboxylic acid groups (broad SMARTS) is 1. The number of aliphatic carboxylic acids is 1. The fourth-order valence-electron chi connectivity index (χ4n) is 3.85. The zero-order chi connectivity index (χ0) is 46.1. The summed E-state index contributed by atoms with van der Waals surface area (Å²) in [5.74, 6) is -109. The number of alkyl halides is 31. The summed E-state index contributed by atoms with van der Waals surface area (Å²) in [6.07, 6.45) is -8.14. The first-order valence-electron chi connectivity index (χ1n) is 12.5. The molecule has 0 spiro atoms. The maximum absolute atomic E-state index is 14.9. The van der Waals surface area contributed by atoms with E-state index < -0.39 is 134 Å². The number of halogens is 31. The van der Waals surface area contributed by atoms with Crippen molar-refractivity contribution in [3.05, 3.63) is 0 Å². The third-order valence-corrected chi connectivity index (χ3v) is 8.10. The van der Waals surface area contributed by atoms with Crippen LogP contribution in [0.1, 0.15) is 27.7 Å². The van der Waals surface area contributed by atoms with E-state index in [1.807, 2.05) is 0 Å². The predicted molar refractivity (Wildman–Crippen MR) is 115 cm³/mol. The van der Waals surface area contributed by atoms with Gasteiger partial charge in [-0.25, -0.2) is 22.4 Å². The maximum atomic E-state index is 14.9. The molecule has 0 aliphatic carbocycles. The summed E-state index contributed by atoms with van der Waals surface area (Å²) < 4.78 is 433. The lowest BCUT2D eigenvalue weighted by atomic mass is 9.71. The molecule has 0 aromatic heterocycles. The molecule has 0 bridgehead atoms. The summed E-state index contributed by atoms with van der Waals surface area (Å²) in [5, 5.41) is 7.90. The van der Waals surface area contributed by atoms with Crippen LogP contribution in [0.25, 0.3) is 0 Å². The Labute approximate surface area is 286 Å². The average Bonchev–Trinajstić information content (AvgIpc) is 2.94. The highest BCUT2D eigenvalue weighted by Crippen LogP contribution is 2.69. The van der Waals surface area contributed by atoms with E-state index in [1.165, 1.54) is 0 Å². The summed E-state index contributed by atoms with van der Waals surface area (Å²) in [4.78, 5) is 10.2. The Balaban J connectivity index is 0. The van der Waals surface area contributed by atoms with Crippen molar-refractivity contribution in [2.24, 2.45) is 0 Å². The van der Waals surface area contributed by atoms with E-state index in [0.29, 0.717) is 0 Å². The van der Waals surface area contributed by atoms with E-state index in [2.05, 4.69) is 0 Å². The Bertz CT molecular complexity index is 1450. The molecule has 338 valence electrons. The van der Waals surface area contributed by atoms with Gasteiger partial charge in [0.1, 0.15) is 0 Å². The van der Waals surface area contributed by atoms with Crippen molar-refractivity contribution >= 4 is 5.97 Å². The van der Waals surface area contributed by atoms with Crippen LogP contribution in [0.3, 0.4) is 0 Å². The highest BCUT2D eigenvalue weighted by atomic mass is 19.4. The van der Waals surface area contributed by atoms with Gasteiger partial charge < -0.3 is 10.6 Å². The van der Waals surface area contributed by atoms with E-state index >= 15 is 0 Å². The molecule has 0 saturated carbocycles. The molecule has 0 fully saturated rings. The zero-order valence-corrected chi connectivity index (χ0v) is 26.1. The van der Waals surface area contributed by atoms with E-state index in [4.69, 9.17) is 5.11 Å². The van der Waals surface area contributed by atoms with Crippen LogP contribution in [0.2, 0.25) is 0 Å². The van der Waals surface area contributed by atoms with Gasteiger partial charge in [-0.1, -0.05) is 0 Å². The molecular formula is C22H15F31O3. The molecule has 4 atom stereocenters. The monoisotopic (exact) mass is 916 g/mol. The fraction of sp³-hybridized carbons (Fsp3) is 0.955. The molecule has 56 heavy (non-hydrogen) atoms. The Morgan fingerprint density at radius 2 is 0.429 bits per heavy atom. The second-order valence-corrected chi connectivity index (χ2v) is 11.7. The SMILES string of the molecule is CC(F)(C(F)(F)C(F)(F)C(F)(F)C(=O)O)C(F)(F)C(F)(F)C(C)(F)C(F)(F)C(F)(F)C(C)(F)C(F)(F)C(F)(F)C(C)(F)C(F)(F)C(F)(F)C(F)(F)C(F)(F)F.O. The zero-order valence-electron chi connectivity index (χ0n) is 26.1. The summed E-state index contributed by atoms with van der Waals surface area (Å²) in [6, 6.07) is 0. The predicted octanol–water partition coefficient (Wildman–Crippen LogP) is 10.3. The van der Waals surface area contributed by atoms with Gasteiger partial charge in [0.25, 0.3) is 0 Å². The molecule has 34 heteroatoms. The van der Waals surface area contributed by atoms with Crippen molar-refractivity contribution < 1.29 is 151 Å². The van der Waals surface area contributed by atoms with Crippen LogP contribution in [-0.2, 0) is 4.79 Å². The Morgan fingerprint density at radius 1 is 0.286 bits per heavy atom. The van der Waals surface area contributed by atoms with E-state index in [0.717, 1.165) is 0 Å². The van der Waals surface area contributed by atoms with Crippen LogP contribution in [0.5, 0.6) is 0 Å². The highest BCUT2D eigenvalue weighted by Gasteiger charge is 2.98. The smallest absolute Gasteiger partial charge is 0.460 e. The van der Waals surface area contributed by atoms with E-state index in [1.54, 1.807) is 0 Å². The molecule has 0 rings (SSSR count). The fourth-order valence-corrected chi connectivity index (χ4v) is 3.85. The lowest BCUT2D eigenvalue weighted by Gasteiger charge is -2.51.